The zero-order chi connectivity index (χ0) is 17.7. The van der Waals surface area contributed by atoms with E-state index in [0.717, 1.165) is 51.6 Å². The number of hydrogen-bond donors (Lipinski definition) is 2. The van der Waals surface area contributed by atoms with Gasteiger partial charge in [-0.2, -0.15) is 0 Å². The normalized spacial score (nSPS) is 29.0. The molecule has 2 N–H and O–H groups in total. The van der Waals surface area contributed by atoms with Crippen molar-refractivity contribution in [2.75, 3.05) is 13.1 Å². The minimum Gasteiger partial charge on any atom is -0.444 e. The van der Waals surface area contributed by atoms with Crippen LogP contribution in [0.25, 0.3) is 0 Å². The molecule has 0 radical (unpaired) electrons. The van der Waals surface area contributed by atoms with Crippen molar-refractivity contribution < 1.29 is 14.6 Å². The number of aliphatic hydroxyl groups excluding tert-OH is 1. The fourth-order valence-corrected chi connectivity index (χ4v) is 4.09. The Morgan fingerprint density at radius 3 is 2.75 bits per heavy atom. The van der Waals surface area contributed by atoms with Crippen molar-refractivity contribution in [3.05, 3.63) is 0 Å². The summed E-state index contributed by atoms with van der Waals surface area (Å²) in [6, 6.07) is 0.906. The van der Waals surface area contributed by atoms with E-state index in [1.807, 2.05) is 32.6 Å². The van der Waals surface area contributed by atoms with Crippen LogP contribution in [-0.2, 0) is 4.74 Å². The molecule has 5 nitrogen and oxygen atoms in total. The quantitative estimate of drug-likeness (QED) is 0.754. The fourth-order valence-electron chi connectivity index (χ4n) is 4.09. The first kappa shape index (κ1) is 19.5. The molecule has 0 aromatic rings. The second kappa shape index (κ2) is 8.52. The van der Waals surface area contributed by atoms with Gasteiger partial charge in [0.1, 0.15) is 5.60 Å². The minimum absolute atomic E-state index is 0.138. The van der Waals surface area contributed by atoms with Crippen molar-refractivity contribution in [2.45, 2.75) is 96.4 Å². The maximum Gasteiger partial charge on any atom is 0.410 e. The Bertz CT molecular complexity index is 406. The van der Waals surface area contributed by atoms with E-state index in [0.29, 0.717) is 18.0 Å². The molecule has 2 aliphatic rings. The third-order valence-electron chi connectivity index (χ3n) is 5.18. The zero-order valence-electron chi connectivity index (χ0n) is 15.9. The molecular weight excluding hydrogens is 304 g/mol. The Kier molecular flexibility index (Phi) is 6.93. The standard InChI is InChI=1S/C19H36N2O3/c1-14(22)7-5-11-20-16-9-10-17-15(13-16)8-6-12-21(17)18(23)24-19(2,3)4/h14-17,20,22H,5-13H2,1-4H3. The van der Waals surface area contributed by atoms with Crippen LogP contribution in [0.2, 0.25) is 0 Å². The van der Waals surface area contributed by atoms with Gasteiger partial charge in [-0.05, 0) is 85.1 Å². The summed E-state index contributed by atoms with van der Waals surface area (Å²) in [7, 11) is 0. The van der Waals surface area contributed by atoms with Crippen molar-refractivity contribution >= 4 is 6.09 Å². The van der Waals surface area contributed by atoms with Gasteiger partial charge in [0.15, 0.2) is 0 Å². The number of piperidine rings is 1. The topological polar surface area (TPSA) is 61.8 Å². The molecule has 24 heavy (non-hydrogen) atoms. The van der Waals surface area contributed by atoms with Gasteiger partial charge in [-0.15, -0.1) is 0 Å². The number of hydrogen-bond acceptors (Lipinski definition) is 4. The fraction of sp³-hybridized carbons (Fsp3) is 0.947. The summed E-state index contributed by atoms with van der Waals surface area (Å²) in [5.74, 6) is 0.592. The second-order valence-corrected chi connectivity index (χ2v) is 8.60. The molecule has 140 valence electrons. The van der Waals surface area contributed by atoms with Crippen LogP contribution in [-0.4, -0.2) is 53.0 Å². The first-order chi connectivity index (χ1) is 11.3. The van der Waals surface area contributed by atoms with Crippen molar-refractivity contribution in [1.29, 1.82) is 0 Å². The average molecular weight is 341 g/mol. The summed E-state index contributed by atoms with van der Waals surface area (Å²) < 4.78 is 5.60. The summed E-state index contributed by atoms with van der Waals surface area (Å²) in [6.45, 7) is 9.45. The maximum absolute atomic E-state index is 12.5. The van der Waals surface area contributed by atoms with Gasteiger partial charge in [-0.3, -0.25) is 0 Å². The molecule has 0 aromatic carbocycles. The molecule has 1 aliphatic carbocycles. The van der Waals surface area contributed by atoms with Gasteiger partial charge in [0.2, 0.25) is 0 Å². The molecule has 5 heteroatoms. The first-order valence-corrected chi connectivity index (χ1v) is 9.67. The molecule has 1 heterocycles. The first-order valence-electron chi connectivity index (χ1n) is 9.67. The van der Waals surface area contributed by atoms with Gasteiger partial charge in [0.05, 0.1) is 6.10 Å². The number of fused-ring (bicyclic) bond motifs is 1. The van der Waals surface area contributed by atoms with E-state index in [1.165, 1.54) is 6.42 Å². The zero-order valence-corrected chi connectivity index (χ0v) is 15.9. The molecule has 0 bridgehead atoms. The molecule has 2 rings (SSSR count). The van der Waals surface area contributed by atoms with Crippen LogP contribution in [0.4, 0.5) is 4.79 Å². The molecule has 1 amide bonds. The van der Waals surface area contributed by atoms with Gasteiger partial charge in [-0.1, -0.05) is 0 Å². The van der Waals surface area contributed by atoms with E-state index < -0.39 is 5.60 Å². The number of carbonyl (C=O) groups excluding carboxylic acids is 1. The van der Waals surface area contributed by atoms with Crippen LogP contribution in [0.5, 0.6) is 0 Å². The number of nitrogens with one attached hydrogen (secondary N) is 1. The van der Waals surface area contributed by atoms with Crippen molar-refractivity contribution in [2.24, 2.45) is 5.92 Å². The van der Waals surface area contributed by atoms with E-state index in [-0.39, 0.29) is 12.2 Å². The highest BCUT2D eigenvalue weighted by Gasteiger charge is 2.39. The highest BCUT2D eigenvalue weighted by atomic mass is 16.6. The number of ether oxygens (including phenoxy) is 1. The number of amides is 1. The number of carbonyl (C=O) groups is 1. The van der Waals surface area contributed by atoms with E-state index in [4.69, 9.17) is 4.74 Å². The van der Waals surface area contributed by atoms with Crippen LogP contribution in [0.3, 0.4) is 0 Å². The molecule has 2 fully saturated rings. The lowest BCUT2D eigenvalue weighted by Gasteiger charge is -2.46. The van der Waals surface area contributed by atoms with Crippen LogP contribution in [0.15, 0.2) is 0 Å². The number of rotatable bonds is 5. The van der Waals surface area contributed by atoms with Crippen molar-refractivity contribution in [3.8, 4) is 0 Å². The third-order valence-corrected chi connectivity index (χ3v) is 5.18. The van der Waals surface area contributed by atoms with Gasteiger partial charge in [-0.25, -0.2) is 4.79 Å². The monoisotopic (exact) mass is 340 g/mol. The lowest BCUT2D eigenvalue weighted by atomic mass is 9.76. The van der Waals surface area contributed by atoms with Gasteiger partial charge >= 0.3 is 6.09 Å². The third kappa shape index (κ3) is 5.92. The molecule has 4 atom stereocenters. The number of aliphatic hydroxyl groups is 1. The van der Waals surface area contributed by atoms with Gasteiger partial charge in [0.25, 0.3) is 0 Å². The van der Waals surface area contributed by atoms with Crippen LogP contribution in [0.1, 0.15) is 72.6 Å². The Hall–Kier alpha value is -0.810. The lowest BCUT2D eigenvalue weighted by molar-refractivity contribution is -0.0101. The summed E-state index contributed by atoms with van der Waals surface area (Å²) in [5.41, 5.74) is -0.424. The van der Waals surface area contributed by atoms with Crippen LogP contribution in [0, 0.1) is 5.92 Å². The van der Waals surface area contributed by atoms with Crippen molar-refractivity contribution in [1.82, 2.24) is 10.2 Å². The lowest BCUT2D eigenvalue weighted by Crippen LogP contribution is -2.54. The Labute approximate surface area is 147 Å². The van der Waals surface area contributed by atoms with Crippen molar-refractivity contribution in [3.63, 3.8) is 0 Å². The molecular formula is C19H36N2O3. The summed E-state index contributed by atoms with van der Waals surface area (Å²) in [5, 5.41) is 13.0. The summed E-state index contributed by atoms with van der Waals surface area (Å²) in [6.07, 6.45) is 7.17. The molecule has 0 aromatic heterocycles. The summed E-state index contributed by atoms with van der Waals surface area (Å²) >= 11 is 0. The molecule has 1 saturated carbocycles. The molecule has 0 spiro atoms. The molecule has 1 aliphatic heterocycles. The second-order valence-electron chi connectivity index (χ2n) is 8.60. The van der Waals surface area contributed by atoms with E-state index in [1.54, 1.807) is 0 Å². The van der Waals surface area contributed by atoms with Crippen LogP contribution >= 0.6 is 0 Å². The highest BCUT2D eigenvalue weighted by Crippen LogP contribution is 2.36. The predicted octanol–water partition coefficient (Wildman–Crippen LogP) is 3.31. The number of likely N-dealkylation sites (tertiary alicyclic amines) is 1. The van der Waals surface area contributed by atoms with E-state index in [2.05, 4.69) is 5.32 Å². The maximum atomic E-state index is 12.5. The average Bonchev–Trinajstić information content (AvgIpc) is 2.49. The Balaban J connectivity index is 1.81. The van der Waals surface area contributed by atoms with Gasteiger partial charge < -0.3 is 20.1 Å². The summed E-state index contributed by atoms with van der Waals surface area (Å²) in [4.78, 5) is 14.5. The Morgan fingerprint density at radius 1 is 1.33 bits per heavy atom. The van der Waals surface area contributed by atoms with Crippen LogP contribution < -0.4 is 5.32 Å². The van der Waals surface area contributed by atoms with Gasteiger partial charge in [0, 0.05) is 18.6 Å². The smallest absolute Gasteiger partial charge is 0.410 e. The highest BCUT2D eigenvalue weighted by molar-refractivity contribution is 5.68. The van der Waals surface area contributed by atoms with E-state index in [9.17, 15) is 9.90 Å². The largest absolute Gasteiger partial charge is 0.444 e. The van der Waals surface area contributed by atoms with E-state index >= 15 is 0 Å². The minimum atomic E-state index is -0.424. The molecule has 4 unspecified atom stereocenters. The predicted molar refractivity (Wildman–Crippen MR) is 96.0 cm³/mol. The molecule has 1 saturated heterocycles. The number of nitrogens with zero attached hydrogens (tertiary/aromatic N) is 1. The Morgan fingerprint density at radius 2 is 2.08 bits per heavy atom. The SMILES string of the molecule is CC(O)CCCNC1CCC2C(CCCN2C(=O)OC(C)(C)C)C1.